The molecule has 0 fully saturated rings. The van der Waals surface area contributed by atoms with Crippen LogP contribution in [0.1, 0.15) is 90.5 Å². The summed E-state index contributed by atoms with van der Waals surface area (Å²) in [6.45, 7) is 15.4. The molecule has 37 heavy (non-hydrogen) atoms. The van der Waals surface area contributed by atoms with Crippen LogP contribution < -0.4 is 5.32 Å². The van der Waals surface area contributed by atoms with Crippen LogP contribution in [0.15, 0.2) is 42.5 Å². The molecule has 2 aromatic rings. The molecule has 3 rings (SSSR count). The first-order chi connectivity index (χ1) is 17.8. The lowest BCUT2D eigenvalue weighted by Crippen LogP contribution is -2.35. The minimum atomic E-state index is -0.0644. The lowest BCUT2D eigenvalue weighted by Gasteiger charge is -2.19. The summed E-state index contributed by atoms with van der Waals surface area (Å²) in [5, 5.41) is 3.14. The average molecular weight is 502 g/mol. The molecule has 1 aliphatic rings. The SMILES string of the molecule is CCCc1cccc(C)c1/C(=C/c1[nH]c(C)c(C(=O)NCCN(CC)CC)c1C1C=CC=CC1)C(C)=O. The summed E-state index contributed by atoms with van der Waals surface area (Å²) in [7, 11) is 0. The van der Waals surface area contributed by atoms with Crippen LogP contribution in [0.3, 0.4) is 0 Å². The molecule has 0 saturated heterocycles. The molecule has 0 bridgehead atoms. The second kappa shape index (κ2) is 13.4. The summed E-state index contributed by atoms with van der Waals surface area (Å²) in [5.41, 5.74) is 7.29. The number of carbonyl (C=O) groups excluding carboxylic acids is 2. The molecule has 198 valence electrons. The molecule has 1 atom stereocenters. The fourth-order valence-electron chi connectivity index (χ4n) is 5.30. The predicted octanol–water partition coefficient (Wildman–Crippen LogP) is 6.38. The zero-order valence-electron chi connectivity index (χ0n) is 23.4. The van der Waals surface area contributed by atoms with Crippen LogP contribution in [0.5, 0.6) is 0 Å². The molecule has 1 aliphatic carbocycles. The number of nitrogens with one attached hydrogen (secondary N) is 2. The number of amides is 1. The fraction of sp³-hybridized carbons (Fsp3) is 0.438. The number of hydrogen-bond donors (Lipinski definition) is 2. The van der Waals surface area contributed by atoms with Crippen LogP contribution in [0.4, 0.5) is 0 Å². The number of rotatable bonds is 12. The number of benzene rings is 1. The van der Waals surface area contributed by atoms with Crippen molar-refractivity contribution in [2.45, 2.75) is 66.7 Å². The molecule has 2 N–H and O–H groups in total. The highest BCUT2D eigenvalue weighted by Crippen LogP contribution is 2.35. The van der Waals surface area contributed by atoms with Crippen molar-refractivity contribution in [3.8, 4) is 0 Å². The van der Waals surface area contributed by atoms with Gasteiger partial charge in [0.05, 0.1) is 5.56 Å². The molecule has 0 saturated carbocycles. The summed E-state index contributed by atoms with van der Waals surface area (Å²) in [4.78, 5) is 32.3. The quantitative estimate of drug-likeness (QED) is 0.332. The van der Waals surface area contributed by atoms with Gasteiger partial charge in [-0.2, -0.15) is 0 Å². The largest absolute Gasteiger partial charge is 0.358 e. The molecule has 1 aromatic carbocycles. The standard InChI is InChI=1S/C32H43N3O2/c1-7-14-25-18-13-15-22(4)29(25)27(24(6)36)21-28-31(26-16-11-10-12-17-26)30(23(5)34-28)32(37)33-19-20-35(8-2)9-3/h10-13,15-16,18,21,26,34H,7-9,14,17,19-20H2,1-6H3,(H,33,37)/b27-21+. The first-order valence-corrected chi connectivity index (χ1v) is 13.7. The van der Waals surface area contributed by atoms with E-state index in [1.54, 1.807) is 6.92 Å². The number of Topliss-reactive ketones (excluding diaryl/α,β-unsaturated/α-hetero) is 1. The van der Waals surface area contributed by atoms with Crippen molar-refractivity contribution in [2.24, 2.45) is 0 Å². The number of H-pyrrole nitrogens is 1. The molecule has 0 aliphatic heterocycles. The third kappa shape index (κ3) is 6.78. The van der Waals surface area contributed by atoms with E-state index in [0.717, 1.165) is 67.0 Å². The fourth-order valence-corrected chi connectivity index (χ4v) is 5.30. The van der Waals surface area contributed by atoms with E-state index >= 15 is 0 Å². The topological polar surface area (TPSA) is 65.2 Å². The summed E-state index contributed by atoms with van der Waals surface area (Å²) in [6, 6.07) is 6.24. The Balaban J connectivity index is 2.10. The van der Waals surface area contributed by atoms with Crippen LogP contribution in [0, 0.1) is 13.8 Å². The van der Waals surface area contributed by atoms with E-state index in [9.17, 15) is 9.59 Å². The highest BCUT2D eigenvalue weighted by Gasteiger charge is 2.26. The van der Waals surface area contributed by atoms with Gasteiger partial charge in [-0.1, -0.05) is 69.7 Å². The molecule has 0 spiro atoms. The number of aromatic nitrogens is 1. The maximum Gasteiger partial charge on any atom is 0.253 e. The van der Waals surface area contributed by atoms with Crippen molar-refractivity contribution in [3.63, 3.8) is 0 Å². The molecule has 5 heteroatoms. The maximum absolute atomic E-state index is 13.5. The number of aromatic amines is 1. The Kier molecular flexibility index (Phi) is 10.3. The van der Waals surface area contributed by atoms with Gasteiger partial charge >= 0.3 is 0 Å². The number of carbonyl (C=O) groups is 2. The number of likely N-dealkylation sites (N-methyl/N-ethyl adjacent to an activating group) is 1. The van der Waals surface area contributed by atoms with Gasteiger partial charge in [0, 0.05) is 36.0 Å². The Hall–Kier alpha value is -3.18. The number of ketones is 1. The summed E-state index contributed by atoms with van der Waals surface area (Å²) < 4.78 is 0. The zero-order valence-corrected chi connectivity index (χ0v) is 23.4. The third-order valence-electron chi connectivity index (χ3n) is 7.26. The monoisotopic (exact) mass is 501 g/mol. The lowest BCUT2D eigenvalue weighted by molar-refractivity contribution is -0.111. The molecule has 1 amide bonds. The van der Waals surface area contributed by atoms with Crippen LogP contribution in [0.25, 0.3) is 11.6 Å². The zero-order chi connectivity index (χ0) is 26.9. The Morgan fingerprint density at radius 3 is 2.49 bits per heavy atom. The van der Waals surface area contributed by atoms with E-state index < -0.39 is 0 Å². The third-order valence-corrected chi connectivity index (χ3v) is 7.26. The van der Waals surface area contributed by atoms with E-state index in [-0.39, 0.29) is 17.6 Å². The van der Waals surface area contributed by atoms with E-state index in [1.807, 2.05) is 25.2 Å². The molecule has 1 heterocycles. The van der Waals surface area contributed by atoms with Gasteiger partial charge in [-0.05, 0) is 75.0 Å². The second-order valence-electron chi connectivity index (χ2n) is 9.86. The number of aryl methyl sites for hydroxylation is 3. The van der Waals surface area contributed by atoms with Gasteiger partial charge in [-0.25, -0.2) is 0 Å². The first kappa shape index (κ1) is 28.4. The van der Waals surface area contributed by atoms with Gasteiger partial charge in [0.1, 0.15) is 0 Å². The summed E-state index contributed by atoms with van der Waals surface area (Å²) in [5.74, 6) is 0.0181. The predicted molar refractivity (Wildman–Crippen MR) is 155 cm³/mol. The summed E-state index contributed by atoms with van der Waals surface area (Å²) in [6.07, 6.45) is 13.1. The highest BCUT2D eigenvalue weighted by atomic mass is 16.1. The number of allylic oxidation sites excluding steroid dienone is 5. The smallest absolute Gasteiger partial charge is 0.253 e. The minimum Gasteiger partial charge on any atom is -0.358 e. The molecule has 0 radical (unpaired) electrons. The van der Waals surface area contributed by atoms with Gasteiger partial charge in [-0.15, -0.1) is 0 Å². The van der Waals surface area contributed by atoms with Gasteiger partial charge in [0.15, 0.2) is 5.78 Å². The van der Waals surface area contributed by atoms with Crippen molar-refractivity contribution in [2.75, 3.05) is 26.2 Å². The van der Waals surface area contributed by atoms with Crippen molar-refractivity contribution in [1.29, 1.82) is 0 Å². The molecule has 1 aromatic heterocycles. The summed E-state index contributed by atoms with van der Waals surface area (Å²) >= 11 is 0. The maximum atomic E-state index is 13.5. The number of hydrogen-bond acceptors (Lipinski definition) is 3. The first-order valence-electron chi connectivity index (χ1n) is 13.7. The van der Waals surface area contributed by atoms with Gasteiger partial charge in [0.2, 0.25) is 0 Å². The van der Waals surface area contributed by atoms with Crippen LogP contribution in [-0.4, -0.2) is 47.8 Å². The number of nitrogens with zero attached hydrogens (tertiary/aromatic N) is 1. The van der Waals surface area contributed by atoms with Gasteiger partial charge in [-0.3, -0.25) is 9.59 Å². The van der Waals surface area contributed by atoms with E-state index in [2.05, 4.69) is 73.2 Å². The van der Waals surface area contributed by atoms with E-state index in [4.69, 9.17) is 0 Å². The minimum absolute atomic E-state index is 0.0224. The van der Waals surface area contributed by atoms with Crippen molar-refractivity contribution < 1.29 is 9.59 Å². The van der Waals surface area contributed by atoms with Crippen LogP contribution >= 0.6 is 0 Å². The molecule has 5 nitrogen and oxygen atoms in total. The van der Waals surface area contributed by atoms with Crippen LogP contribution in [-0.2, 0) is 11.2 Å². The Morgan fingerprint density at radius 1 is 1.11 bits per heavy atom. The second-order valence-corrected chi connectivity index (χ2v) is 9.86. The van der Waals surface area contributed by atoms with E-state index in [1.165, 1.54) is 5.56 Å². The van der Waals surface area contributed by atoms with Gasteiger partial charge in [0.25, 0.3) is 5.91 Å². The molecular weight excluding hydrogens is 458 g/mol. The normalized spacial score (nSPS) is 15.4. The van der Waals surface area contributed by atoms with Gasteiger partial charge < -0.3 is 15.2 Å². The Labute approximate surface area is 222 Å². The molecule has 1 unspecified atom stereocenters. The van der Waals surface area contributed by atoms with Crippen LogP contribution in [0.2, 0.25) is 0 Å². The highest BCUT2D eigenvalue weighted by molar-refractivity contribution is 6.25. The Morgan fingerprint density at radius 2 is 1.86 bits per heavy atom. The van der Waals surface area contributed by atoms with Crippen molar-refractivity contribution >= 4 is 23.3 Å². The lowest BCUT2D eigenvalue weighted by atomic mass is 9.86. The van der Waals surface area contributed by atoms with E-state index in [0.29, 0.717) is 17.7 Å². The molecular formula is C32H43N3O2. The van der Waals surface area contributed by atoms with Crippen molar-refractivity contribution in [1.82, 2.24) is 15.2 Å². The average Bonchev–Trinajstić information content (AvgIpc) is 3.22. The Bertz CT molecular complexity index is 1190. The van der Waals surface area contributed by atoms with Crippen molar-refractivity contribution in [3.05, 3.63) is 81.7 Å².